The molecule has 0 saturated carbocycles. The number of halogens is 1. The van der Waals surface area contributed by atoms with Crippen molar-refractivity contribution in [2.24, 2.45) is 5.41 Å². The van der Waals surface area contributed by atoms with Crippen molar-refractivity contribution in [3.63, 3.8) is 0 Å². The van der Waals surface area contributed by atoms with Gasteiger partial charge in [0.25, 0.3) is 5.91 Å². The molecule has 1 fully saturated rings. The zero-order valence-corrected chi connectivity index (χ0v) is 12.9. The van der Waals surface area contributed by atoms with Gasteiger partial charge in [0.05, 0.1) is 19.3 Å². The molecule has 0 bridgehead atoms. The number of aliphatic carboxylic acids is 1. The van der Waals surface area contributed by atoms with Crippen molar-refractivity contribution in [2.75, 3.05) is 13.2 Å². The molecule has 6 heteroatoms. The van der Waals surface area contributed by atoms with Gasteiger partial charge in [-0.3, -0.25) is 9.59 Å². The minimum absolute atomic E-state index is 0.102. The second kappa shape index (κ2) is 5.54. The van der Waals surface area contributed by atoms with Gasteiger partial charge < -0.3 is 15.2 Å². The lowest BCUT2D eigenvalue weighted by Gasteiger charge is -2.25. The lowest BCUT2D eigenvalue weighted by Crippen LogP contribution is -2.49. The van der Waals surface area contributed by atoms with Gasteiger partial charge in [0.1, 0.15) is 5.41 Å². The highest BCUT2D eigenvalue weighted by atomic mass is 79.9. The zero-order valence-electron chi connectivity index (χ0n) is 11.3. The maximum absolute atomic E-state index is 12.2. The van der Waals surface area contributed by atoms with Crippen LogP contribution >= 0.6 is 15.9 Å². The largest absolute Gasteiger partial charge is 0.481 e. The van der Waals surface area contributed by atoms with Crippen molar-refractivity contribution in [1.29, 1.82) is 0 Å². The number of nitrogens with one attached hydrogen (secondary N) is 1. The molecule has 1 aromatic rings. The van der Waals surface area contributed by atoms with Gasteiger partial charge in [0.15, 0.2) is 0 Å². The summed E-state index contributed by atoms with van der Waals surface area (Å²) in [6, 6.07) is 4.83. The van der Waals surface area contributed by atoms with Crippen molar-refractivity contribution in [1.82, 2.24) is 5.32 Å². The highest BCUT2D eigenvalue weighted by molar-refractivity contribution is 9.10. The van der Waals surface area contributed by atoms with Crippen LogP contribution in [-0.4, -0.2) is 36.2 Å². The molecule has 0 radical (unpaired) electrons. The monoisotopic (exact) mass is 341 g/mol. The van der Waals surface area contributed by atoms with Crippen molar-refractivity contribution in [2.45, 2.75) is 19.9 Å². The van der Waals surface area contributed by atoms with E-state index in [1.807, 2.05) is 13.0 Å². The molecule has 20 heavy (non-hydrogen) atoms. The molecule has 1 aliphatic heterocycles. The van der Waals surface area contributed by atoms with Crippen LogP contribution in [0, 0.1) is 12.3 Å². The molecule has 2 N–H and O–H groups in total. The maximum Gasteiger partial charge on any atom is 0.313 e. The quantitative estimate of drug-likeness (QED) is 0.881. The number of carbonyl (C=O) groups is 2. The predicted molar refractivity (Wildman–Crippen MR) is 76.7 cm³/mol. The number of amides is 1. The van der Waals surface area contributed by atoms with E-state index < -0.39 is 17.4 Å². The first-order valence-electron chi connectivity index (χ1n) is 6.22. The number of aryl methyl sites for hydroxylation is 1. The fraction of sp³-hybridized carbons (Fsp3) is 0.429. The van der Waals surface area contributed by atoms with E-state index in [2.05, 4.69) is 21.2 Å². The highest BCUT2D eigenvalue weighted by Crippen LogP contribution is 2.29. The number of carboxylic acids is 1. The van der Waals surface area contributed by atoms with E-state index in [1.165, 1.54) is 0 Å². The number of ether oxygens (including phenoxy) is 1. The second-order valence-electron chi connectivity index (χ2n) is 5.28. The number of benzene rings is 1. The first kappa shape index (κ1) is 15.0. The van der Waals surface area contributed by atoms with Crippen LogP contribution in [0.15, 0.2) is 22.7 Å². The van der Waals surface area contributed by atoms with Crippen molar-refractivity contribution < 1.29 is 19.4 Å². The van der Waals surface area contributed by atoms with Crippen molar-refractivity contribution in [3.8, 4) is 0 Å². The summed E-state index contributed by atoms with van der Waals surface area (Å²) < 4.78 is 6.02. The molecular formula is C14H16BrNO4. The predicted octanol–water partition coefficient (Wildman–Crippen LogP) is 1.98. The Bertz CT molecular complexity index is 540. The maximum atomic E-state index is 12.2. The summed E-state index contributed by atoms with van der Waals surface area (Å²) in [5.74, 6) is -1.26. The Balaban J connectivity index is 2.17. The first-order valence-corrected chi connectivity index (χ1v) is 7.01. The van der Waals surface area contributed by atoms with Crippen LogP contribution in [0.5, 0.6) is 0 Å². The molecule has 0 aromatic heterocycles. The van der Waals surface area contributed by atoms with E-state index in [0.29, 0.717) is 5.56 Å². The Morgan fingerprint density at radius 2 is 2.15 bits per heavy atom. The Morgan fingerprint density at radius 3 is 2.75 bits per heavy atom. The molecule has 0 aliphatic carbocycles. The van der Waals surface area contributed by atoms with E-state index in [-0.39, 0.29) is 19.1 Å². The molecule has 1 heterocycles. The van der Waals surface area contributed by atoms with Gasteiger partial charge in [-0.15, -0.1) is 0 Å². The Labute approximate surface area is 125 Å². The fourth-order valence-corrected chi connectivity index (χ4v) is 2.80. The zero-order chi connectivity index (χ0) is 14.9. The molecule has 108 valence electrons. The van der Waals surface area contributed by atoms with Crippen LogP contribution in [0.1, 0.15) is 22.8 Å². The van der Waals surface area contributed by atoms with Gasteiger partial charge >= 0.3 is 5.97 Å². The van der Waals surface area contributed by atoms with Crippen LogP contribution < -0.4 is 5.32 Å². The molecule has 1 amide bonds. The average molecular weight is 342 g/mol. The third-order valence-electron chi connectivity index (χ3n) is 3.55. The third-order valence-corrected chi connectivity index (χ3v) is 4.01. The standard InChI is InChI=1S/C14H16BrNO4/c1-8-3-9(5-10(15)4-8)12(17)16-11-6-20-7-14(11,2)13(18)19/h3-5,11H,6-7H2,1-2H3,(H,16,17)(H,18,19). The summed E-state index contributed by atoms with van der Waals surface area (Å²) >= 11 is 3.34. The van der Waals surface area contributed by atoms with Gasteiger partial charge in [0.2, 0.25) is 0 Å². The lowest BCUT2D eigenvalue weighted by molar-refractivity contribution is -0.148. The van der Waals surface area contributed by atoms with Crippen LogP contribution in [-0.2, 0) is 9.53 Å². The molecule has 2 unspecified atom stereocenters. The normalized spacial score (nSPS) is 25.4. The fourth-order valence-electron chi connectivity index (χ4n) is 2.19. The third kappa shape index (κ3) is 2.86. The van der Waals surface area contributed by atoms with E-state index in [9.17, 15) is 14.7 Å². The van der Waals surface area contributed by atoms with Crippen LogP contribution in [0.25, 0.3) is 0 Å². The summed E-state index contributed by atoms with van der Waals surface area (Å²) in [6.45, 7) is 3.79. The topological polar surface area (TPSA) is 75.6 Å². The highest BCUT2D eigenvalue weighted by Gasteiger charge is 2.47. The molecule has 0 spiro atoms. The Morgan fingerprint density at radius 1 is 1.45 bits per heavy atom. The molecule has 1 aliphatic rings. The average Bonchev–Trinajstić information content (AvgIpc) is 2.71. The smallest absolute Gasteiger partial charge is 0.313 e. The summed E-state index contributed by atoms with van der Waals surface area (Å²) in [5, 5.41) is 12.0. The van der Waals surface area contributed by atoms with Gasteiger partial charge in [-0.25, -0.2) is 0 Å². The molecular weight excluding hydrogens is 326 g/mol. The van der Waals surface area contributed by atoms with E-state index in [1.54, 1.807) is 19.1 Å². The summed E-state index contributed by atoms with van der Waals surface area (Å²) in [4.78, 5) is 23.6. The van der Waals surface area contributed by atoms with Crippen LogP contribution in [0.4, 0.5) is 0 Å². The molecule has 1 aromatic carbocycles. The Hall–Kier alpha value is -1.40. The minimum atomic E-state index is -1.09. The molecule has 2 rings (SSSR count). The number of carbonyl (C=O) groups excluding carboxylic acids is 1. The number of rotatable bonds is 3. The van der Waals surface area contributed by atoms with Crippen LogP contribution in [0.2, 0.25) is 0 Å². The van der Waals surface area contributed by atoms with E-state index in [4.69, 9.17) is 4.74 Å². The van der Waals surface area contributed by atoms with Crippen molar-refractivity contribution in [3.05, 3.63) is 33.8 Å². The summed E-state index contributed by atoms with van der Waals surface area (Å²) in [5.41, 5.74) is 0.362. The number of hydrogen-bond acceptors (Lipinski definition) is 3. The minimum Gasteiger partial charge on any atom is -0.481 e. The lowest BCUT2D eigenvalue weighted by atomic mass is 9.85. The second-order valence-corrected chi connectivity index (χ2v) is 6.20. The summed E-state index contributed by atoms with van der Waals surface area (Å²) in [7, 11) is 0. The van der Waals surface area contributed by atoms with Gasteiger partial charge in [0, 0.05) is 10.0 Å². The molecule has 1 saturated heterocycles. The molecule has 2 atom stereocenters. The van der Waals surface area contributed by atoms with Gasteiger partial charge in [-0.05, 0) is 37.6 Å². The van der Waals surface area contributed by atoms with E-state index in [0.717, 1.165) is 10.0 Å². The van der Waals surface area contributed by atoms with Crippen LogP contribution in [0.3, 0.4) is 0 Å². The van der Waals surface area contributed by atoms with Crippen molar-refractivity contribution >= 4 is 27.8 Å². The number of hydrogen-bond donors (Lipinski definition) is 2. The summed E-state index contributed by atoms with van der Waals surface area (Å²) in [6.07, 6.45) is 0. The van der Waals surface area contributed by atoms with Gasteiger partial charge in [-0.2, -0.15) is 0 Å². The number of carboxylic acid groups (broad SMARTS) is 1. The van der Waals surface area contributed by atoms with E-state index >= 15 is 0 Å². The first-order chi connectivity index (χ1) is 9.33. The van der Waals surface area contributed by atoms with Gasteiger partial charge in [-0.1, -0.05) is 15.9 Å². The SMILES string of the molecule is Cc1cc(Br)cc(C(=O)NC2COCC2(C)C(=O)O)c1. The Kier molecular flexibility index (Phi) is 4.15. The molecule has 5 nitrogen and oxygen atoms in total.